The molecule has 13 nitrogen and oxygen atoms in total. The molecule has 3 rings (SSSR count). The van der Waals surface area contributed by atoms with Gasteiger partial charge in [-0.15, -0.1) is 0 Å². The van der Waals surface area contributed by atoms with Crippen LogP contribution in [0.15, 0.2) is 30.5 Å². The van der Waals surface area contributed by atoms with E-state index in [2.05, 4.69) is 30.0 Å². The molecule has 34 heavy (non-hydrogen) atoms. The molecule has 2 aromatic heterocycles. The zero-order valence-electron chi connectivity index (χ0n) is 18.6. The quantitative estimate of drug-likeness (QED) is 0.315. The smallest absolute Gasteiger partial charge is 0.326 e. The van der Waals surface area contributed by atoms with Gasteiger partial charge >= 0.3 is 11.9 Å². The summed E-state index contributed by atoms with van der Waals surface area (Å²) in [6, 6.07) is 5.35. The highest BCUT2D eigenvalue weighted by atomic mass is 16.5. The molecule has 0 radical (unpaired) electrons. The number of amides is 1. The third-order valence-electron chi connectivity index (χ3n) is 4.94. The number of esters is 1. The summed E-state index contributed by atoms with van der Waals surface area (Å²) in [5.74, 6) is -2.20. The van der Waals surface area contributed by atoms with Crippen LogP contribution in [0.4, 0.5) is 17.5 Å². The van der Waals surface area contributed by atoms with Crippen LogP contribution in [0.25, 0.3) is 11.2 Å². The molecule has 0 spiro atoms. The highest BCUT2D eigenvalue weighted by Crippen LogP contribution is 2.19. The van der Waals surface area contributed by atoms with Gasteiger partial charge in [-0.05, 0) is 30.7 Å². The second-order valence-electron chi connectivity index (χ2n) is 7.38. The average Bonchev–Trinajstić information content (AvgIpc) is 2.81. The van der Waals surface area contributed by atoms with E-state index in [9.17, 15) is 19.5 Å². The van der Waals surface area contributed by atoms with Gasteiger partial charge in [-0.3, -0.25) is 9.59 Å². The fourth-order valence-electron chi connectivity index (χ4n) is 3.12. The van der Waals surface area contributed by atoms with Crippen LogP contribution in [-0.2, 0) is 20.9 Å². The third-order valence-corrected chi connectivity index (χ3v) is 4.94. The second kappa shape index (κ2) is 10.4. The minimum Gasteiger partial charge on any atom is -0.480 e. The first-order valence-electron chi connectivity index (χ1n) is 10.1. The lowest BCUT2D eigenvalue weighted by Crippen LogP contribution is -2.41. The molecule has 0 fully saturated rings. The van der Waals surface area contributed by atoms with Crippen molar-refractivity contribution in [2.75, 3.05) is 30.5 Å². The van der Waals surface area contributed by atoms with Gasteiger partial charge in [-0.2, -0.15) is 9.97 Å². The van der Waals surface area contributed by atoms with Crippen molar-refractivity contribution in [1.29, 1.82) is 0 Å². The Morgan fingerprint density at radius 1 is 1.15 bits per heavy atom. The Morgan fingerprint density at radius 2 is 1.85 bits per heavy atom. The number of aliphatic carboxylic acids is 1. The van der Waals surface area contributed by atoms with Gasteiger partial charge in [0.05, 0.1) is 25.5 Å². The second-order valence-corrected chi connectivity index (χ2v) is 7.38. The fourth-order valence-corrected chi connectivity index (χ4v) is 3.12. The maximum Gasteiger partial charge on any atom is 0.326 e. The van der Waals surface area contributed by atoms with Gasteiger partial charge in [0.25, 0.3) is 5.91 Å². The summed E-state index contributed by atoms with van der Waals surface area (Å²) in [4.78, 5) is 53.6. The molecule has 0 saturated heterocycles. The van der Waals surface area contributed by atoms with Crippen molar-refractivity contribution >= 4 is 46.5 Å². The van der Waals surface area contributed by atoms with E-state index in [0.717, 1.165) is 5.69 Å². The van der Waals surface area contributed by atoms with Crippen molar-refractivity contribution in [2.45, 2.75) is 25.4 Å². The number of methoxy groups -OCH3 is 1. The number of benzene rings is 1. The molecule has 1 atom stereocenters. The number of carboxylic acids is 1. The summed E-state index contributed by atoms with van der Waals surface area (Å²) in [5.41, 5.74) is 13.8. The molecule has 3 aromatic rings. The van der Waals surface area contributed by atoms with E-state index in [-0.39, 0.29) is 30.2 Å². The molecule has 178 valence electrons. The minimum atomic E-state index is -1.24. The summed E-state index contributed by atoms with van der Waals surface area (Å²) in [5, 5.41) is 11.7. The SMILES string of the molecule is COC(=O)CC[C@H](NC(=O)c1ccc(N(C)Cc2cnc3nc(N)nc(N)c3n2)cc1)C(=O)O. The average molecular weight is 468 g/mol. The molecule has 1 aromatic carbocycles. The van der Waals surface area contributed by atoms with E-state index in [1.54, 1.807) is 30.5 Å². The van der Waals surface area contributed by atoms with Crippen molar-refractivity contribution in [3.8, 4) is 0 Å². The molecule has 6 N–H and O–H groups in total. The van der Waals surface area contributed by atoms with Gasteiger partial charge in [0.2, 0.25) is 5.95 Å². The lowest BCUT2D eigenvalue weighted by molar-refractivity contribution is -0.142. The van der Waals surface area contributed by atoms with Crippen molar-refractivity contribution < 1.29 is 24.2 Å². The molecule has 0 aliphatic rings. The Bertz CT molecular complexity index is 1220. The first-order chi connectivity index (χ1) is 16.2. The normalized spacial score (nSPS) is 11.6. The van der Waals surface area contributed by atoms with E-state index in [1.807, 2.05) is 11.9 Å². The van der Waals surface area contributed by atoms with Crippen molar-refractivity contribution in [2.24, 2.45) is 0 Å². The minimum absolute atomic E-state index is 0.0198. The molecule has 0 saturated carbocycles. The van der Waals surface area contributed by atoms with E-state index >= 15 is 0 Å². The number of anilines is 3. The molecule has 0 bridgehead atoms. The number of nitrogens with zero attached hydrogens (tertiary/aromatic N) is 5. The number of nitrogens with one attached hydrogen (secondary N) is 1. The molecular weight excluding hydrogens is 444 g/mol. The van der Waals surface area contributed by atoms with Crippen molar-refractivity contribution in [3.63, 3.8) is 0 Å². The number of nitrogen functional groups attached to an aromatic ring is 2. The molecule has 2 heterocycles. The van der Waals surface area contributed by atoms with Crippen LogP contribution in [0.1, 0.15) is 28.9 Å². The first-order valence-corrected chi connectivity index (χ1v) is 10.1. The largest absolute Gasteiger partial charge is 0.480 e. The first kappa shape index (κ1) is 24.1. The Labute approximate surface area is 194 Å². The molecular formula is C21H24N8O5. The predicted molar refractivity (Wildman–Crippen MR) is 123 cm³/mol. The van der Waals surface area contributed by atoms with E-state index in [1.165, 1.54) is 7.11 Å². The monoisotopic (exact) mass is 468 g/mol. The number of hydrogen-bond donors (Lipinski definition) is 4. The molecule has 13 heteroatoms. The Morgan fingerprint density at radius 3 is 2.50 bits per heavy atom. The summed E-state index contributed by atoms with van der Waals surface area (Å²) >= 11 is 0. The summed E-state index contributed by atoms with van der Waals surface area (Å²) in [7, 11) is 3.04. The standard InChI is InChI=1S/C21H24N8O5/c1-29(10-12-9-24-18-16(25-12)17(22)27-21(23)28-18)13-5-3-11(4-6-13)19(31)26-14(20(32)33)7-8-15(30)34-2/h3-6,9,14H,7-8,10H2,1-2H3,(H,26,31)(H,32,33)(H4,22,23,24,27,28)/t14-/m0/s1. The Kier molecular flexibility index (Phi) is 7.36. The van der Waals surface area contributed by atoms with Gasteiger partial charge in [0.1, 0.15) is 6.04 Å². The number of carbonyl (C=O) groups is 3. The number of fused-ring (bicyclic) bond motifs is 1. The van der Waals surface area contributed by atoms with Gasteiger partial charge in [0.15, 0.2) is 17.0 Å². The predicted octanol–water partition coefficient (Wildman–Crippen LogP) is 0.357. The number of hydrogen-bond acceptors (Lipinski definition) is 11. The molecule has 1 amide bonds. The number of carbonyl (C=O) groups excluding carboxylic acids is 2. The highest BCUT2D eigenvalue weighted by Gasteiger charge is 2.22. The van der Waals surface area contributed by atoms with Crippen LogP contribution in [0, 0.1) is 0 Å². The van der Waals surface area contributed by atoms with Crippen molar-refractivity contribution in [1.82, 2.24) is 25.3 Å². The number of rotatable bonds is 9. The summed E-state index contributed by atoms with van der Waals surface area (Å²) in [6.07, 6.45) is 1.36. The lowest BCUT2D eigenvalue weighted by Gasteiger charge is -2.19. The summed E-state index contributed by atoms with van der Waals surface area (Å²) < 4.78 is 4.50. The van der Waals surface area contributed by atoms with Gasteiger partial charge in [-0.25, -0.2) is 14.8 Å². The Hall–Kier alpha value is -4.55. The van der Waals surface area contributed by atoms with Gasteiger partial charge in [0, 0.05) is 24.7 Å². The summed E-state index contributed by atoms with van der Waals surface area (Å²) in [6.45, 7) is 0.382. The number of aromatic nitrogens is 4. The molecule has 0 aliphatic heterocycles. The van der Waals surface area contributed by atoms with Crippen LogP contribution in [0.3, 0.4) is 0 Å². The number of carboxylic acid groups (broad SMARTS) is 1. The molecule has 0 aliphatic carbocycles. The fraction of sp³-hybridized carbons (Fsp3) is 0.286. The van der Waals surface area contributed by atoms with Gasteiger partial charge < -0.3 is 31.5 Å². The number of ether oxygens (including phenoxy) is 1. The Balaban J connectivity index is 1.66. The van der Waals surface area contributed by atoms with E-state index < -0.39 is 23.9 Å². The zero-order valence-corrected chi connectivity index (χ0v) is 18.6. The van der Waals surface area contributed by atoms with E-state index in [4.69, 9.17) is 11.5 Å². The van der Waals surface area contributed by atoms with Crippen LogP contribution in [0.5, 0.6) is 0 Å². The van der Waals surface area contributed by atoms with Crippen LogP contribution in [0.2, 0.25) is 0 Å². The van der Waals surface area contributed by atoms with Crippen molar-refractivity contribution in [3.05, 3.63) is 41.7 Å². The number of nitrogens with two attached hydrogens (primary N) is 2. The van der Waals surface area contributed by atoms with Crippen LogP contribution in [-0.4, -0.2) is 63.1 Å². The molecule has 0 unspecified atom stereocenters. The van der Waals surface area contributed by atoms with Gasteiger partial charge in [-0.1, -0.05) is 0 Å². The zero-order chi connectivity index (χ0) is 24.8. The topological polar surface area (TPSA) is 200 Å². The van der Waals surface area contributed by atoms with Crippen LogP contribution < -0.4 is 21.7 Å². The third kappa shape index (κ3) is 5.82. The maximum atomic E-state index is 12.5. The van der Waals surface area contributed by atoms with Crippen LogP contribution >= 0.6 is 0 Å². The highest BCUT2D eigenvalue weighted by molar-refractivity contribution is 5.97. The van der Waals surface area contributed by atoms with E-state index in [0.29, 0.717) is 23.4 Å². The maximum absolute atomic E-state index is 12.5. The lowest BCUT2D eigenvalue weighted by atomic mass is 10.1.